The zero-order valence-electron chi connectivity index (χ0n) is 23.6. The summed E-state index contributed by atoms with van der Waals surface area (Å²) in [6, 6.07) is 7.34. The zero-order valence-corrected chi connectivity index (χ0v) is 25.2. The lowest BCUT2D eigenvalue weighted by Crippen LogP contribution is -2.38. The number of anilines is 2. The normalized spacial score (nSPS) is 19.7. The molecule has 0 bridgehead atoms. The highest BCUT2D eigenvalue weighted by Crippen LogP contribution is 2.39. The van der Waals surface area contributed by atoms with Crippen molar-refractivity contribution in [1.29, 1.82) is 0 Å². The monoisotopic (exact) mass is 686 g/mol. The number of urea groups is 2. The summed E-state index contributed by atoms with van der Waals surface area (Å²) in [5.41, 5.74) is 0.415. The molecule has 2 atom stereocenters. The molecule has 3 aromatic carbocycles. The average molecular weight is 687 g/mol. The Hall–Kier alpha value is -4.58. The van der Waals surface area contributed by atoms with E-state index in [1.807, 2.05) is 0 Å². The van der Waals surface area contributed by atoms with E-state index in [4.69, 9.17) is 9.47 Å². The number of benzene rings is 3. The third-order valence-electron chi connectivity index (χ3n) is 6.98. The van der Waals surface area contributed by atoms with Gasteiger partial charge >= 0.3 is 12.1 Å². The molecule has 4 N–H and O–H groups in total. The number of carbonyl (C=O) groups is 2. The Morgan fingerprint density at radius 3 is 1.20 bits per heavy atom. The van der Waals surface area contributed by atoms with Crippen LogP contribution in [0.15, 0.2) is 48.5 Å². The van der Waals surface area contributed by atoms with Crippen LogP contribution < -0.4 is 30.7 Å². The van der Waals surface area contributed by atoms with Crippen LogP contribution in [-0.2, 0) is 19.7 Å². The molecule has 2 aliphatic rings. The van der Waals surface area contributed by atoms with Crippen molar-refractivity contribution in [3.63, 3.8) is 0 Å². The van der Waals surface area contributed by atoms with Gasteiger partial charge in [0, 0.05) is 23.5 Å². The van der Waals surface area contributed by atoms with Gasteiger partial charge in [0.15, 0.2) is 19.7 Å². The molecule has 0 aromatic heterocycles. The molecule has 2 unspecified atom stereocenters. The number of amides is 4. The molecule has 46 heavy (non-hydrogen) atoms. The summed E-state index contributed by atoms with van der Waals surface area (Å²) in [7, 11) is -6.40. The first-order valence-electron chi connectivity index (χ1n) is 13.7. The van der Waals surface area contributed by atoms with Crippen molar-refractivity contribution in [2.45, 2.75) is 24.9 Å². The summed E-state index contributed by atoms with van der Waals surface area (Å²) in [5.74, 6) is -11.2. The fourth-order valence-electron chi connectivity index (χ4n) is 4.74. The minimum Gasteiger partial charge on any atom is -0.451 e. The highest BCUT2D eigenvalue weighted by molar-refractivity contribution is 7.91. The van der Waals surface area contributed by atoms with E-state index in [-0.39, 0.29) is 58.7 Å². The fourth-order valence-corrected chi connectivity index (χ4v) is 8.09. The molecular formula is C28H26F4N4O8S2. The van der Waals surface area contributed by atoms with E-state index in [2.05, 4.69) is 21.3 Å². The Morgan fingerprint density at radius 2 is 0.913 bits per heavy atom. The molecule has 4 amide bonds. The standard InChI is InChI=1S/C28H26F4N4O8S2/c29-21-23(31)26(44-20-7-3-16(4-8-20)34-28(38)36-18-10-12-46(41,42)14-18)24(32)22(30)25(21)43-19-5-1-15(2-6-19)33-27(37)35-17-9-11-45(39,40)13-17/h1-8,17-18H,9-14H2,(H2,33,35,37)(H2,34,36,38). The third kappa shape index (κ3) is 7.97. The lowest BCUT2D eigenvalue weighted by atomic mass is 10.2. The molecule has 2 saturated heterocycles. The number of nitrogens with one attached hydrogen (secondary N) is 4. The second-order valence-electron chi connectivity index (χ2n) is 10.6. The molecule has 12 nitrogen and oxygen atoms in total. The van der Waals surface area contributed by atoms with E-state index in [1.54, 1.807) is 0 Å². The topological polar surface area (TPSA) is 169 Å². The zero-order chi connectivity index (χ0) is 33.2. The van der Waals surface area contributed by atoms with Crippen LogP contribution in [0.3, 0.4) is 0 Å². The number of rotatable bonds is 8. The Morgan fingerprint density at radius 1 is 0.587 bits per heavy atom. The summed E-state index contributed by atoms with van der Waals surface area (Å²) < 4.78 is 116. The van der Waals surface area contributed by atoms with Crippen LogP contribution in [-0.4, -0.2) is 64.0 Å². The van der Waals surface area contributed by atoms with Crippen LogP contribution in [0.5, 0.6) is 23.0 Å². The van der Waals surface area contributed by atoms with Crippen LogP contribution >= 0.6 is 0 Å². The molecule has 3 aromatic rings. The molecule has 246 valence electrons. The van der Waals surface area contributed by atoms with Crippen molar-refractivity contribution in [3.05, 3.63) is 71.8 Å². The number of ether oxygens (including phenoxy) is 2. The molecule has 2 fully saturated rings. The minimum atomic E-state index is -3.20. The maximum absolute atomic E-state index is 14.8. The lowest BCUT2D eigenvalue weighted by Gasteiger charge is -2.15. The van der Waals surface area contributed by atoms with Crippen LogP contribution in [0.25, 0.3) is 0 Å². The van der Waals surface area contributed by atoms with Gasteiger partial charge in [0.1, 0.15) is 11.5 Å². The summed E-state index contributed by atoms with van der Waals surface area (Å²) >= 11 is 0. The van der Waals surface area contributed by atoms with Gasteiger partial charge in [-0.1, -0.05) is 0 Å². The van der Waals surface area contributed by atoms with Crippen LogP contribution in [0.1, 0.15) is 12.8 Å². The highest BCUT2D eigenvalue weighted by Gasteiger charge is 2.31. The van der Waals surface area contributed by atoms with Crippen LogP contribution in [0.4, 0.5) is 38.5 Å². The van der Waals surface area contributed by atoms with Gasteiger partial charge in [-0.25, -0.2) is 26.4 Å². The molecule has 0 aliphatic carbocycles. The molecule has 2 heterocycles. The molecule has 0 radical (unpaired) electrons. The molecule has 2 aliphatic heterocycles. The van der Waals surface area contributed by atoms with Crippen LogP contribution in [0.2, 0.25) is 0 Å². The quantitative estimate of drug-likeness (QED) is 0.199. The van der Waals surface area contributed by atoms with E-state index in [1.165, 1.54) is 48.5 Å². The molecule has 5 rings (SSSR count). The van der Waals surface area contributed by atoms with Crippen LogP contribution in [0, 0.1) is 23.3 Å². The second-order valence-corrected chi connectivity index (χ2v) is 15.0. The van der Waals surface area contributed by atoms with Crippen molar-refractivity contribution in [2.75, 3.05) is 33.6 Å². The molecular weight excluding hydrogens is 660 g/mol. The highest BCUT2D eigenvalue weighted by atomic mass is 32.2. The molecule has 18 heteroatoms. The number of hydrogen-bond acceptors (Lipinski definition) is 8. The van der Waals surface area contributed by atoms with Crippen molar-refractivity contribution < 1.29 is 53.5 Å². The van der Waals surface area contributed by atoms with Gasteiger partial charge < -0.3 is 30.7 Å². The van der Waals surface area contributed by atoms with Gasteiger partial charge in [-0.05, 0) is 61.4 Å². The van der Waals surface area contributed by atoms with Crippen molar-refractivity contribution >= 4 is 43.1 Å². The van der Waals surface area contributed by atoms with Crippen molar-refractivity contribution in [1.82, 2.24) is 10.6 Å². The number of carbonyl (C=O) groups excluding carboxylic acids is 2. The minimum absolute atomic E-state index is 0.0303. The lowest BCUT2D eigenvalue weighted by molar-refractivity contribution is 0.248. The average Bonchev–Trinajstić information content (AvgIpc) is 3.52. The smallest absolute Gasteiger partial charge is 0.319 e. The number of hydrogen-bond donors (Lipinski definition) is 4. The predicted octanol–water partition coefficient (Wildman–Crippen LogP) is 4.44. The van der Waals surface area contributed by atoms with E-state index in [9.17, 15) is 44.0 Å². The van der Waals surface area contributed by atoms with Gasteiger partial charge in [-0.3, -0.25) is 0 Å². The summed E-state index contributed by atoms with van der Waals surface area (Å²) in [6.07, 6.45) is 0.554. The maximum atomic E-state index is 14.8. The van der Waals surface area contributed by atoms with E-state index in [0.29, 0.717) is 0 Å². The Kier molecular flexibility index (Phi) is 9.29. The maximum Gasteiger partial charge on any atom is 0.319 e. The third-order valence-corrected chi connectivity index (χ3v) is 10.5. The van der Waals surface area contributed by atoms with Gasteiger partial charge in [-0.15, -0.1) is 0 Å². The number of sulfone groups is 2. The summed E-state index contributed by atoms with van der Waals surface area (Å²) in [5, 5.41) is 9.96. The SMILES string of the molecule is O=C(Nc1ccc(Oc2c(F)c(F)c(Oc3ccc(NC(=O)NC4CCS(=O)(=O)C4)cc3)c(F)c2F)cc1)NC1CCS(=O)(=O)C1. The largest absolute Gasteiger partial charge is 0.451 e. The summed E-state index contributed by atoms with van der Waals surface area (Å²) in [6.45, 7) is 0. The first-order chi connectivity index (χ1) is 21.7. The molecule has 0 saturated carbocycles. The Labute approximate surface area is 260 Å². The van der Waals surface area contributed by atoms with Crippen molar-refractivity contribution in [3.8, 4) is 23.0 Å². The number of halogens is 4. The van der Waals surface area contributed by atoms with Gasteiger partial charge in [0.2, 0.25) is 34.8 Å². The first kappa shape index (κ1) is 32.8. The first-order valence-corrected chi connectivity index (χ1v) is 17.3. The fraction of sp³-hybridized carbons (Fsp3) is 0.286. The second kappa shape index (κ2) is 13.0. The Bertz CT molecular complexity index is 1710. The van der Waals surface area contributed by atoms with E-state index < -0.39 is 78.6 Å². The van der Waals surface area contributed by atoms with E-state index in [0.717, 1.165) is 0 Å². The Balaban J connectivity index is 1.19. The van der Waals surface area contributed by atoms with E-state index >= 15 is 0 Å². The van der Waals surface area contributed by atoms with Gasteiger partial charge in [0.25, 0.3) is 0 Å². The summed E-state index contributed by atoms with van der Waals surface area (Å²) in [4.78, 5) is 24.3. The van der Waals surface area contributed by atoms with Gasteiger partial charge in [-0.2, -0.15) is 17.6 Å². The molecule has 0 spiro atoms. The predicted molar refractivity (Wildman–Crippen MR) is 158 cm³/mol. The van der Waals surface area contributed by atoms with Gasteiger partial charge in [0.05, 0.1) is 23.0 Å². The van der Waals surface area contributed by atoms with Crippen molar-refractivity contribution in [2.24, 2.45) is 0 Å².